The van der Waals surface area contributed by atoms with Crippen LogP contribution in [0.5, 0.6) is 0 Å². The summed E-state index contributed by atoms with van der Waals surface area (Å²) in [4.78, 5) is 0. The van der Waals surface area contributed by atoms with Gasteiger partial charge in [-0.3, -0.25) is 4.68 Å². The number of anilines is 1. The molecule has 0 bridgehead atoms. The average Bonchev–Trinajstić information content (AvgIpc) is 2.59. The summed E-state index contributed by atoms with van der Waals surface area (Å²) in [5.41, 5.74) is 10.6. The molecule has 1 heterocycles. The number of nitrogens with zero attached hydrogens (tertiary/aromatic N) is 2. The van der Waals surface area contributed by atoms with Gasteiger partial charge in [0.2, 0.25) is 0 Å². The SMILES string of the molecule is CCCc1c(-c2ccc(C)cc2)nn(C)c1N. The molecule has 0 saturated heterocycles. The van der Waals surface area contributed by atoms with Gasteiger partial charge in [0, 0.05) is 18.2 Å². The van der Waals surface area contributed by atoms with Crippen molar-refractivity contribution in [2.45, 2.75) is 26.7 Å². The molecule has 1 aromatic heterocycles. The largest absolute Gasteiger partial charge is 0.384 e. The third-order valence-corrected chi connectivity index (χ3v) is 3.02. The minimum absolute atomic E-state index is 0.780. The molecule has 17 heavy (non-hydrogen) atoms. The van der Waals surface area contributed by atoms with Gasteiger partial charge in [-0.25, -0.2) is 0 Å². The molecule has 2 rings (SSSR count). The lowest BCUT2D eigenvalue weighted by Gasteiger charge is -2.02. The molecule has 0 radical (unpaired) electrons. The molecule has 0 unspecified atom stereocenters. The van der Waals surface area contributed by atoms with Crippen LogP contribution in [0, 0.1) is 6.92 Å². The fraction of sp³-hybridized carbons (Fsp3) is 0.357. The fourth-order valence-corrected chi connectivity index (χ4v) is 2.02. The lowest BCUT2D eigenvalue weighted by atomic mass is 10.0. The van der Waals surface area contributed by atoms with Crippen LogP contribution in [0.3, 0.4) is 0 Å². The van der Waals surface area contributed by atoms with Crippen molar-refractivity contribution in [3.05, 3.63) is 35.4 Å². The third kappa shape index (κ3) is 2.18. The van der Waals surface area contributed by atoms with Crippen LogP contribution in [0.15, 0.2) is 24.3 Å². The highest BCUT2D eigenvalue weighted by atomic mass is 15.3. The number of aryl methyl sites for hydroxylation is 2. The van der Waals surface area contributed by atoms with Crippen LogP contribution in [-0.2, 0) is 13.5 Å². The Kier molecular flexibility index (Phi) is 3.18. The molecule has 2 N–H and O–H groups in total. The molecule has 90 valence electrons. The first-order chi connectivity index (χ1) is 8.13. The number of hydrogen-bond donors (Lipinski definition) is 1. The van der Waals surface area contributed by atoms with Gasteiger partial charge in [0.25, 0.3) is 0 Å². The summed E-state index contributed by atoms with van der Waals surface area (Å²) in [6.07, 6.45) is 2.05. The molecule has 3 nitrogen and oxygen atoms in total. The van der Waals surface area contributed by atoms with Crippen LogP contribution in [0.25, 0.3) is 11.3 Å². The third-order valence-electron chi connectivity index (χ3n) is 3.02. The molecule has 0 atom stereocenters. The Labute approximate surface area is 102 Å². The highest BCUT2D eigenvalue weighted by molar-refractivity contribution is 5.68. The van der Waals surface area contributed by atoms with Crippen molar-refractivity contribution in [3.8, 4) is 11.3 Å². The Morgan fingerprint density at radius 2 is 1.88 bits per heavy atom. The quantitative estimate of drug-likeness (QED) is 0.879. The molecule has 0 amide bonds. The summed E-state index contributed by atoms with van der Waals surface area (Å²) >= 11 is 0. The average molecular weight is 229 g/mol. The van der Waals surface area contributed by atoms with Gasteiger partial charge in [-0.05, 0) is 13.3 Å². The van der Waals surface area contributed by atoms with Gasteiger partial charge in [0.15, 0.2) is 0 Å². The Hall–Kier alpha value is -1.77. The van der Waals surface area contributed by atoms with Crippen LogP contribution >= 0.6 is 0 Å². The maximum Gasteiger partial charge on any atom is 0.125 e. The Morgan fingerprint density at radius 3 is 2.47 bits per heavy atom. The number of benzene rings is 1. The van der Waals surface area contributed by atoms with Crippen molar-refractivity contribution in [2.24, 2.45) is 7.05 Å². The van der Waals surface area contributed by atoms with Gasteiger partial charge in [-0.1, -0.05) is 43.2 Å². The maximum absolute atomic E-state index is 6.06. The van der Waals surface area contributed by atoms with E-state index in [1.54, 1.807) is 4.68 Å². The van der Waals surface area contributed by atoms with Gasteiger partial charge in [-0.15, -0.1) is 0 Å². The van der Waals surface area contributed by atoms with Crippen molar-refractivity contribution in [1.29, 1.82) is 0 Å². The van der Waals surface area contributed by atoms with Crippen LogP contribution in [-0.4, -0.2) is 9.78 Å². The van der Waals surface area contributed by atoms with E-state index >= 15 is 0 Å². The summed E-state index contributed by atoms with van der Waals surface area (Å²) in [5.74, 6) is 0.780. The van der Waals surface area contributed by atoms with Crippen LogP contribution in [0.4, 0.5) is 5.82 Å². The molecular formula is C14H19N3. The summed E-state index contributed by atoms with van der Waals surface area (Å²) in [7, 11) is 1.90. The van der Waals surface area contributed by atoms with Crippen LogP contribution in [0.2, 0.25) is 0 Å². The summed E-state index contributed by atoms with van der Waals surface area (Å²) in [6.45, 7) is 4.24. The molecular weight excluding hydrogens is 210 g/mol. The highest BCUT2D eigenvalue weighted by Crippen LogP contribution is 2.27. The van der Waals surface area contributed by atoms with E-state index in [0.717, 1.165) is 29.9 Å². The van der Waals surface area contributed by atoms with E-state index in [0.29, 0.717) is 0 Å². The number of nitrogen functional groups attached to an aromatic ring is 1. The van der Waals surface area contributed by atoms with Crippen molar-refractivity contribution >= 4 is 5.82 Å². The Balaban J connectivity index is 2.50. The molecule has 3 heteroatoms. The first-order valence-corrected chi connectivity index (χ1v) is 6.02. The summed E-state index contributed by atoms with van der Waals surface area (Å²) < 4.78 is 1.76. The lowest BCUT2D eigenvalue weighted by molar-refractivity contribution is 0.781. The minimum atomic E-state index is 0.780. The molecule has 0 saturated carbocycles. The normalized spacial score (nSPS) is 10.8. The van der Waals surface area contributed by atoms with Gasteiger partial charge in [0.05, 0.1) is 5.69 Å². The van der Waals surface area contributed by atoms with E-state index in [4.69, 9.17) is 5.73 Å². The monoisotopic (exact) mass is 229 g/mol. The highest BCUT2D eigenvalue weighted by Gasteiger charge is 2.14. The molecule has 0 aliphatic carbocycles. The van der Waals surface area contributed by atoms with E-state index < -0.39 is 0 Å². The van der Waals surface area contributed by atoms with Gasteiger partial charge < -0.3 is 5.73 Å². The van der Waals surface area contributed by atoms with Crippen molar-refractivity contribution in [1.82, 2.24) is 9.78 Å². The van der Waals surface area contributed by atoms with Crippen molar-refractivity contribution < 1.29 is 0 Å². The zero-order chi connectivity index (χ0) is 12.4. The van der Waals surface area contributed by atoms with Gasteiger partial charge >= 0.3 is 0 Å². The number of hydrogen-bond acceptors (Lipinski definition) is 2. The molecule has 0 aliphatic heterocycles. The Morgan fingerprint density at radius 1 is 1.24 bits per heavy atom. The number of aromatic nitrogens is 2. The topological polar surface area (TPSA) is 43.8 Å². The fourth-order valence-electron chi connectivity index (χ4n) is 2.02. The van der Waals surface area contributed by atoms with Gasteiger partial charge in [-0.2, -0.15) is 5.10 Å². The second-order valence-corrected chi connectivity index (χ2v) is 4.45. The summed E-state index contributed by atoms with van der Waals surface area (Å²) in [6, 6.07) is 8.43. The molecule has 0 aliphatic rings. The summed E-state index contributed by atoms with van der Waals surface area (Å²) in [5, 5.41) is 4.52. The van der Waals surface area contributed by atoms with Crippen LogP contribution in [0.1, 0.15) is 24.5 Å². The molecule has 0 fully saturated rings. The second kappa shape index (κ2) is 4.62. The predicted octanol–water partition coefficient (Wildman–Crippen LogP) is 2.93. The molecule has 1 aromatic carbocycles. The Bertz CT molecular complexity index is 509. The predicted molar refractivity (Wildman–Crippen MR) is 71.8 cm³/mol. The first-order valence-electron chi connectivity index (χ1n) is 6.02. The molecule has 0 spiro atoms. The smallest absolute Gasteiger partial charge is 0.125 e. The number of nitrogens with two attached hydrogens (primary N) is 1. The van der Waals surface area contributed by atoms with Crippen LogP contribution < -0.4 is 5.73 Å². The van der Waals surface area contributed by atoms with E-state index in [-0.39, 0.29) is 0 Å². The molecule has 2 aromatic rings. The van der Waals surface area contributed by atoms with E-state index in [2.05, 4.69) is 43.2 Å². The van der Waals surface area contributed by atoms with Crippen molar-refractivity contribution in [2.75, 3.05) is 5.73 Å². The lowest BCUT2D eigenvalue weighted by Crippen LogP contribution is -1.99. The van der Waals surface area contributed by atoms with Gasteiger partial charge in [0.1, 0.15) is 5.82 Å². The zero-order valence-corrected chi connectivity index (χ0v) is 10.7. The van der Waals surface area contributed by atoms with Crippen molar-refractivity contribution in [3.63, 3.8) is 0 Å². The minimum Gasteiger partial charge on any atom is -0.384 e. The number of rotatable bonds is 3. The zero-order valence-electron chi connectivity index (χ0n) is 10.7. The van der Waals surface area contributed by atoms with E-state index in [1.165, 1.54) is 11.1 Å². The standard InChI is InChI=1S/C14H19N3/c1-4-5-12-13(16-17(3)14(12)15)11-8-6-10(2)7-9-11/h6-9H,4-5,15H2,1-3H3. The van der Waals surface area contributed by atoms with E-state index in [9.17, 15) is 0 Å². The maximum atomic E-state index is 6.06. The van der Waals surface area contributed by atoms with E-state index in [1.807, 2.05) is 7.05 Å². The second-order valence-electron chi connectivity index (χ2n) is 4.45. The first kappa shape index (κ1) is 11.7.